The van der Waals surface area contributed by atoms with Crippen molar-refractivity contribution in [2.24, 2.45) is 11.3 Å². The van der Waals surface area contributed by atoms with Gasteiger partial charge in [-0.15, -0.1) is 0 Å². The Hall–Kier alpha value is -1.13. The van der Waals surface area contributed by atoms with Crippen LogP contribution in [0.5, 0.6) is 0 Å². The number of carboxylic acids is 1. The topological polar surface area (TPSA) is 75.3 Å². The highest BCUT2D eigenvalue weighted by Gasteiger charge is 2.36. The number of hydrogen-bond acceptors (Lipinski definition) is 3. The van der Waals surface area contributed by atoms with Crippen molar-refractivity contribution in [3.8, 4) is 0 Å². The minimum Gasteiger partial charge on any atom is -0.480 e. The summed E-state index contributed by atoms with van der Waals surface area (Å²) < 4.78 is 0. The number of rotatable bonds is 3. The number of aliphatic carboxylic acids is 1. The van der Waals surface area contributed by atoms with Crippen LogP contribution in [-0.4, -0.2) is 17.1 Å². The third-order valence-electron chi connectivity index (χ3n) is 2.66. The highest BCUT2D eigenvalue weighted by molar-refractivity contribution is 5.75. The summed E-state index contributed by atoms with van der Waals surface area (Å²) in [5.41, 5.74) is 3.06. The molecule has 0 aromatic heterocycles. The molecule has 0 aromatic carbocycles. The maximum absolute atomic E-state index is 10.9. The minimum atomic E-state index is -0.924. The predicted octanol–water partition coefficient (Wildman–Crippen LogP) is 0.815. The molecular weight excluding hydrogens is 180 g/mol. The predicted molar refractivity (Wildman–Crippen MR) is 54.4 cm³/mol. The zero-order chi connectivity index (χ0) is 10.8. The summed E-state index contributed by atoms with van der Waals surface area (Å²) >= 11 is 0. The Morgan fingerprint density at radius 3 is 2.79 bits per heavy atom. The molecule has 4 nitrogen and oxygen atoms in total. The second-order valence-corrected chi connectivity index (χ2v) is 3.93. The number of nitrogens with one attached hydrogen (secondary N) is 1. The quantitative estimate of drug-likeness (QED) is 0.461. The van der Waals surface area contributed by atoms with Gasteiger partial charge in [-0.2, -0.15) is 0 Å². The van der Waals surface area contributed by atoms with E-state index in [0.717, 1.165) is 5.57 Å². The van der Waals surface area contributed by atoms with E-state index in [1.807, 2.05) is 32.1 Å². The highest BCUT2D eigenvalue weighted by atomic mass is 16.4. The molecule has 14 heavy (non-hydrogen) atoms. The zero-order valence-corrected chi connectivity index (χ0v) is 8.45. The molecule has 1 aliphatic carbocycles. The second kappa shape index (κ2) is 3.94. The number of nitrogens with two attached hydrogens (primary N) is 1. The van der Waals surface area contributed by atoms with Gasteiger partial charge in [0.25, 0.3) is 0 Å². The van der Waals surface area contributed by atoms with Crippen LogP contribution in [0, 0.1) is 5.41 Å². The highest BCUT2D eigenvalue weighted by Crippen LogP contribution is 2.32. The lowest BCUT2D eigenvalue weighted by atomic mass is 9.76. The Bertz CT molecular complexity index is 296. The van der Waals surface area contributed by atoms with Gasteiger partial charge in [0.1, 0.15) is 6.04 Å². The van der Waals surface area contributed by atoms with Gasteiger partial charge in [-0.3, -0.25) is 10.6 Å². The lowest BCUT2D eigenvalue weighted by Gasteiger charge is -2.33. The van der Waals surface area contributed by atoms with Gasteiger partial charge in [-0.25, -0.2) is 5.43 Å². The van der Waals surface area contributed by atoms with Gasteiger partial charge < -0.3 is 5.11 Å². The SMILES string of the molecule is CC1=CCC(C)(C(NN)C(=O)O)C=C1. The Kier molecular flexibility index (Phi) is 3.08. The van der Waals surface area contributed by atoms with Crippen LogP contribution >= 0.6 is 0 Å². The van der Waals surface area contributed by atoms with Crippen molar-refractivity contribution in [3.05, 3.63) is 23.8 Å². The summed E-state index contributed by atoms with van der Waals surface area (Å²) in [7, 11) is 0. The molecule has 0 saturated heterocycles. The summed E-state index contributed by atoms with van der Waals surface area (Å²) in [6, 6.07) is -0.747. The van der Waals surface area contributed by atoms with Crippen molar-refractivity contribution >= 4 is 5.97 Å². The molecule has 0 radical (unpaired) electrons. The first-order chi connectivity index (χ1) is 6.49. The maximum atomic E-state index is 10.9. The number of allylic oxidation sites excluding steroid dienone is 3. The second-order valence-electron chi connectivity index (χ2n) is 3.93. The molecule has 0 spiro atoms. The molecule has 0 heterocycles. The van der Waals surface area contributed by atoms with E-state index in [1.165, 1.54) is 0 Å². The minimum absolute atomic E-state index is 0.444. The van der Waals surface area contributed by atoms with Crippen LogP contribution in [0.25, 0.3) is 0 Å². The van der Waals surface area contributed by atoms with Gasteiger partial charge in [-0.1, -0.05) is 30.7 Å². The number of carboxylic acid groups (broad SMARTS) is 1. The van der Waals surface area contributed by atoms with Crippen molar-refractivity contribution < 1.29 is 9.90 Å². The van der Waals surface area contributed by atoms with E-state index in [-0.39, 0.29) is 0 Å². The van der Waals surface area contributed by atoms with Gasteiger partial charge in [0.05, 0.1) is 0 Å². The molecule has 1 aliphatic rings. The van der Waals surface area contributed by atoms with Gasteiger partial charge in [0.2, 0.25) is 0 Å². The fourth-order valence-electron chi connectivity index (χ4n) is 1.60. The van der Waals surface area contributed by atoms with Gasteiger partial charge >= 0.3 is 5.97 Å². The molecule has 0 aromatic rings. The fraction of sp³-hybridized carbons (Fsp3) is 0.500. The number of carbonyl (C=O) groups is 1. The van der Waals surface area contributed by atoms with Crippen LogP contribution in [0.4, 0.5) is 0 Å². The van der Waals surface area contributed by atoms with Crippen molar-refractivity contribution in [3.63, 3.8) is 0 Å². The Balaban J connectivity index is 2.86. The Labute approximate surface area is 83.5 Å². The van der Waals surface area contributed by atoms with E-state index >= 15 is 0 Å². The molecular formula is C10H16N2O2. The first-order valence-electron chi connectivity index (χ1n) is 4.54. The first-order valence-corrected chi connectivity index (χ1v) is 4.54. The largest absolute Gasteiger partial charge is 0.480 e. The average molecular weight is 196 g/mol. The molecule has 4 heteroatoms. The van der Waals surface area contributed by atoms with Crippen LogP contribution in [0.15, 0.2) is 23.8 Å². The summed E-state index contributed by atoms with van der Waals surface area (Å²) in [5.74, 6) is 4.32. The summed E-state index contributed by atoms with van der Waals surface area (Å²) in [6.45, 7) is 3.87. The van der Waals surface area contributed by atoms with E-state index in [0.29, 0.717) is 6.42 Å². The van der Waals surface area contributed by atoms with E-state index < -0.39 is 17.4 Å². The van der Waals surface area contributed by atoms with Crippen molar-refractivity contribution in [2.45, 2.75) is 26.3 Å². The zero-order valence-electron chi connectivity index (χ0n) is 8.45. The fourth-order valence-corrected chi connectivity index (χ4v) is 1.60. The normalized spacial score (nSPS) is 28.4. The maximum Gasteiger partial charge on any atom is 0.322 e. The molecule has 78 valence electrons. The monoisotopic (exact) mass is 196 g/mol. The average Bonchev–Trinajstić information content (AvgIpc) is 2.11. The standard InChI is InChI=1S/C10H16N2O2/c1-7-3-5-10(2,6-4-7)8(12-11)9(13)14/h3-5,8,12H,6,11H2,1-2H3,(H,13,14). The Morgan fingerprint density at radius 1 is 1.79 bits per heavy atom. The number of hydrazine groups is 1. The summed E-state index contributed by atoms with van der Waals surface area (Å²) in [4.78, 5) is 10.9. The van der Waals surface area contributed by atoms with Crippen LogP contribution in [0.1, 0.15) is 20.3 Å². The van der Waals surface area contributed by atoms with E-state index in [4.69, 9.17) is 10.9 Å². The van der Waals surface area contributed by atoms with Gasteiger partial charge in [0.15, 0.2) is 0 Å². The van der Waals surface area contributed by atoms with Crippen LogP contribution < -0.4 is 11.3 Å². The summed E-state index contributed by atoms with van der Waals surface area (Å²) in [5, 5.41) is 8.96. The van der Waals surface area contributed by atoms with Crippen LogP contribution in [0.2, 0.25) is 0 Å². The third-order valence-corrected chi connectivity index (χ3v) is 2.66. The van der Waals surface area contributed by atoms with Gasteiger partial charge in [-0.05, 0) is 13.3 Å². The summed E-state index contributed by atoms with van der Waals surface area (Å²) in [6.07, 6.45) is 6.54. The molecule has 0 aliphatic heterocycles. The molecule has 0 amide bonds. The van der Waals surface area contributed by atoms with Crippen LogP contribution in [0.3, 0.4) is 0 Å². The molecule has 2 unspecified atom stereocenters. The van der Waals surface area contributed by atoms with E-state index in [1.54, 1.807) is 0 Å². The lowest BCUT2D eigenvalue weighted by molar-refractivity contribution is -0.142. The number of hydrogen-bond donors (Lipinski definition) is 3. The molecule has 0 saturated carbocycles. The van der Waals surface area contributed by atoms with Crippen LogP contribution in [-0.2, 0) is 4.79 Å². The van der Waals surface area contributed by atoms with E-state index in [9.17, 15) is 4.79 Å². The smallest absolute Gasteiger partial charge is 0.322 e. The molecule has 1 rings (SSSR count). The Morgan fingerprint density at radius 2 is 2.43 bits per heavy atom. The molecule has 2 atom stereocenters. The molecule has 0 fully saturated rings. The third kappa shape index (κ3) is 2.02. The first kappa shape index (κ1) is 10.9. The van der Waals surface area contributed by atoms with Gasteiger partial charge in [0, 0.05) is 5.41 Å². The van der Waals surface area contributed by atoms with Crippen molar-refractivity contribution in [2.75, 3.05) is 0 Å². The molecule has 4 N–H and O–H groups in total. The lowest BCUT2D eigenvalue weighted by Crippen LogP contribution is -2.51. The van der Waals surface area contributed by atoms with Crippen molar-refractivity contribution in [1.82, 2.24) is 5.43 Å². The van der Waals surface area contributed by atoms with Crippen molar-refractivity contribution in [1.29, 1.82) is 0 Å². The van der Waals surface area contributed by atoms with E-state index in [2.05, 4.69) is 5.43 Å². The molecule has 0 bridgehead atoms.